The molecule has 0 unspecified atom stereocenters. The first-order valence-electron chi connectivity index (χ1n) is 27.0. The smallest absolute Gasteiger partial charge is 0.0619 e. The van der Waals surface area contributed by atoms with E-state index in [4.69, 9.17) is 0 Å². The Labute approximate surface area is 456 Å². The molecule has 0 saturated heterocycles. The molecule has 78 heavy (non-hydrogen) atoms. The fraction of sp³-hybridized carbons (Fsp3) is 0.0400. The van der Waals surface area contributed by atoms with Crippen LogP contribution in [0.25, 0.3) is 83.1 Å². The van der Waals surface area contributed by atoms with E-state index < -0.39 is 0 Å². The molecule has 1 aromatic heterocycles. The van der Waals surface area contributed by atoms with Crippen LogP contribution in [0.2, 0.25) is 0 Å². The van der Waals surface area contributed by atoms with Crippen molar-refractivity contribution in [2.24, 2.45) is 0 Å². The van der Waals surface area contributed by atoms with Gasteiger partial charge in [-0.2, -0.15) is 0 Å². The van der Waals surface area contributed by atoms with Crippen LogP contribution >= 0.6 is 0 Å². The molecule has 12 aromatic carbocycles. The second-order valence-corrected chi connectivity index (χ2v) is 20.9. The van der Waals surface area contributed by atoms with Gasteiger partial charge in [0.05, 0.1) is 16.9 Å². The third-order valence-corrected chi connectivity index (χ3v) is 16.0. The van der Waals surface area contributed by atoms with E-state index in [0.29, 0.717) is 0 Å². The molecular weight excluding hydrogens is 943 g/mol. The SMILES string of the molecule is CC1(C)c2cc(-c3ccc(N(c4ccc(-c5ccccc5)cc4)c4ccc(N(c5ccccc5)c5ccccc5)cc4)cc3)ccc2-c2cc3c(-c4ccccc4)c(-c4ccccc4)n(-c4cccc5ccccc45)c3cc21. The van der Waals surface area contributed by atoms with Crippen LogP contribution in [0.3, 0.4) is 0 Å². The average molecular weight is 998 g/mol. The van der Waals surface area contributed by atoms with Crippen LogP contribution in [0.4, 0.5) is 34.1 Å². The molecule has 0 fully saturated rings. The van der Waals surface area contributed by atoms with Crippen molar-refractivity contribution in [2.45, 2.75) is 19.3 Å². The Bertz CT molecular complexity index is 4240. The van der Waals surface area contributed by atoms with Gasteiger partial charge >= 0.3 is 0 Å². The summed E-state index contributed by atoms with van der Waals surface area (Å²) >= 11 is 0. The zero-order chi connectivity index (χ0) is 52.2. The van der Waals surface area contributed by atoms with Gasteiger partial charge in [-0.1, -0.05) is 214 Å². The third kappa shape index (κ3) is 8.07. The molecule has 0 aliphatic heterocycles. The Balaban J connectivity index is 0.863. The van der Waals surface area contributed by atoms with E-state index in [1.54, 1.807) is 0 Å². The number of para-hydroxylation sites is 2. The van der Waals surface area contributed by atoms with Gasteiger partial charge in [0.15, 0.2) is 0 Å². The number of hydrogen-bond donors (Lipinski definition) is 0. The van der Waals surface area contributed by atoms with Crippen LogP contribution in [0.5, 0.6) is 0 Å². The minimum atomic E-state index is -0.270. The normalized spacial score (nSPS) is 12.3. The summed E-state index contributed by atoms with van der Waals surface area (Å²) < 4.78 is 2.54. The summed E-state index contributed by atoms with van der Waals surface area (Å²) in [5, 5.41) is 3.69. The molecule has 0 radical (unpaired) electrons. The number of nitrogens with zero attached hydrogens (tertiary/aromatic N) is 3. The first-order valence-corrected chi connectivity index (χ1v) is 27.0. The van der Waals surface area contributed by atoms with Crippen molar-refractivity contribution in [1.29, 1.82) is 0 Å². The van der Waals surface area contributed by atoms with Crippen molar-refractivity contribution in [3.63, 3.8) is 0 Å². The van der Waals surface area contributed by atoms with Crippen molar-refractivity contribution in [3.05, 3.63) is 308 Å². The second-order valence-electron chi connectivity index (χ2n) is 20.9. The van der Waals surface area contributed by atoms with Crippen molar-refractivity contribution >= 4 is 55.8 Å². The van der Waals surface area contributed by atoms with Crippen LogP contribution < -0.4 is 9.80 Å². The van der Waals surface area contributed by atoms with Crippen LogP contribution in [0.15, 0.2) is 297 Å². The lowest BCUT2D eigenvalue weighted by atomic mass is 9.81. The quantitative estimate of drug-likeness (QED) is 0.128. The van der Waals surface area contributed by atoms with Gasteiger partial charge in [-0.15, -0.1) is 0 Å². The molecule has 0 N–H and O–H groups in total. The van der Waals surface area contributed by atoms with Crippen LogP contribution in [-0.4, -0.2) is 4.57 Å². The topological polar surface area (TPSA) is 11.4 Å². The van der Waals surface area contributed by atoms with Crippen molar-refractivity contribution in [1.82, 2.24) is 4.57 Å². The summed E-state index contributed by atoms with van der Waals surface area (Å²) in [6.45, 7) is 4.81. The van der Waals surface area contributed by atoms with Crippen molar-refractivity contribution < 1.29 is 0 Å². The van der Waals surface area contributed by atoms with Gasteiger partial charge in [0.2, 0.25) is 0 Å². The second kappa shape index (κ2) is 19.3. The fourth-order valence-electron chi connectivity index (χ4n) is 12.1. The number of anilines is 6. The predicted octanol–water partition coefficient (Wildman–Crippen LogP) is 20.7. The van der Waals surface area contributed by atoms with Crippen LogP contribution in [0.1, 0.15) is 25.0 Å². The first kappa shape index (κ1) is 46.6. The Kier molecular flexibility index (Phi) is 11.5. The summed E-state index contributed by atoms with van der Waals surface area (Å²) in [5.74, 6) is 0. The molecular formula is C75H55N3. The maximum Gasteiger partial charge on any atom is 0.0619 e. The standard InChI is InChI=1S/C75H55N3/c1-75(2)69-49-58(39-48-66(69)67-50-68-72(51-70(67)75)78(71-34-20-28-55-23-18-19-33-65(55)71)74(57-26-12-5-13-27-57)73(68)56-24-10-4-11-25-56)54-37-42-62(43-38-54)77(61-40-35-53(36-41-61)52-21-8-3-9-22-52)64-46-44-63(45-47-64)76(59-29-14-6-15-30-59)60-31-16-7-17-32-60/h3-51H,1-2H3. The maximum atomic E-state index is 2.54. The minimum Gasteiger partial charge on any atom is -0.311 e. The minimum absolute atomic E-state index is 0.270. The zero-order valence-corrected chi connectivity index (χ0v) is 43.6. The van der Waals surface area contributed by atoms with E-state index in [1.807, 2.05) is 0 Å². The highest BCUT2D eigenvalue weighted by Gasteiger charge is 2.37. The van der Waals surface area contributed by atoms with Gasteiger partial charge in [-0.3, -0.25) is 0 Å². The van der Waals surface area contributed by atoms with E-state index in [2.05, 4.69) is 325 Å². The van der Waals surface area contributed by atoms with Gasteiger partial charge in [0.25, 0.3) is 0 Å². The third-order valence-electron chi connectivity index (χ3n) is 16.0. The lowest BCUT2D eigenvalue weighted by Gasteiger charge is -2.28. The van der Waals surface area contributed by atoms with Crippen molar-refractivity contribution in [2.75, 3.05) is 9.80 Å². The highest BCUT2D eigenvalue weighted by molar-refractivity contribution is 6.10. The number of aromatic nitrogens is 1. The van der Waals surface area contributed by atoms with Gasteiger partial charge in [-0.05, 0) is 158 Å². The Hall–Kier alpha value is -9.96. The van der Waals surface area contributed by atoms with E-state index >= 15 is 0 Å². The van der Waals surface area contributed by atoms with Gasteiger partial charge in [0.1, 0.15) is 0 Å². The lowest BCUT2D eigenvalue weighted by molar-refractivity contribution is 0.661. The van der Waals surface area contributed by atoms with Gasteiger partial charge in [0, 0.05) is 55.9 Å². The van der Waals surface area contributed by atoms with E-state index in [1.165, 1.54) is 94.3 Å². The highest BCUT2D eigenvalue weighted by Crippen LogP contribution is 2.54. The molecule has 3 nitrogen and oxygen atoms in total. The molecule has 0 atom stereocenters. The molecule has 1 heterocycles. The number of benzene rings is 12. The van der Waals surface area contributed by atoms with E-state index in [-0.39, 0.29) is 5.41 Å². The Morgan fingerprint density at radius 1 is 0.295 bits per heavy atom. The van der Waals surface area contributed by atoms with Gasteiger partial charge in [-0.25, -0.2) is 0 Å². The monoisotopic (exact) mass is 997 g/mol. The van der Waals surface area contributed by atoms with Gasteiger partial charge < -0.3 is 14.4 Å². The molecule has 0 amide bonds. The zero-order valence-electron chi connectivity index (χ0n) is 43.6. The predicted molar refractivity (Wildman–Crippen MR) is 329 cm³/mol. The molecule has 3 heteroatoms. The molecule has 13 aromatic rings. The van der Waals surface area contributed by atoms with Crippen LogP contribution in [-0.2, 0) is 5.41 Å². The number of rotatable bonds is 11. The Morgan fingerprint density at radius 3 is 1.27 bits per heavy atom. The molecule has 14 rings (SSSR count). The largest absolute Gasteiger partial charge is 0.311 e. The molecule has 1 aliphatic carbocycles. The number of fused-ring (bicyclic) bond motifs is 5. The molecule has 1 aliphatic rings. The maximum absolute atomic E-state index is 2.54. The number of hydrogen-bond acceptors (Lipinski definition) is 2. The lowest BCUT2D eigenvalue weighted by Crippen LogP contribution is -2.15. The first-order chi connectivity index (χ1) is 38.5. The highest BCUT2D eigenvalue weighted by atomic mass is 15.2. The summed E-state index contributed by atoms with van der Waals surface area (Å²) in [5.41, 5.74) is 23.5. The van der Waals surface area contributed by atoms with E-state index in [9.17, 15) is 0 Å². The fourth-order valence-corrected chi connectivity index (χ4v) is 12.1. The summed E-state index contributed by atoms with van der Waals surface area (Å²) in [6.07, 6.45) is 0. The summed E-state index contributed by atoms with van der Waals surface area (Å²) in [6, 6.07) is 108. The Morgan fingerprint density at radius 2 is 0.705 bits per heavy atom. The summed E-state index contributed by atoms with van der Waals surface area (Å²) in [7, 11) is 0. The van der Waals surface area contributed by atoms with E-state index in [0.717, 1.165) is 34.1 Å². The summed E-state index contributed by atoms with van der Waals surface area (Å²) in [4.78, 5) is 4.67. The van der Waals surface area contributed by atoms with Crippen LogP contribution in [0, 0.1) is 0 Å². The molecule has 0 bridgehead atoms. The molecule has 0 saturated carbocycles. The average Bonchev–Trinajstić information content (AvgIpc) is 3.95. The molecule has 370 valence electrons. The van der Waals surface area contributed by atoms with Crippen molar-refractivity contribution in [3.8, 4) is 61.5 Å². The molecule has 0 spiro atoms.